The number of hydrogen-bond donors (Lipinski definition) is 1. The molecule has 10 heteroatoms. The Balaban J connectivity index is 2.94. The number of amides is 3. The summed E-state index contributed by atoms with van der Waals surface area (Å²) in [5, 5.41) is 3.07. The van der Waals surface area contributed by atoms with E-state index in [2.05, 4.69) is 15.0 Å². The van der Waals surface area contributed by atoms with Crippen molar-refractivity contribution >= 4 is 23.7 Å². The lowest BCUT2D eigenvalue weighted by Crippen LogP contribution is -2.60. The van der Waals surface area contributed by atoms with Crippen LogP contribution in [-0.2, 0) is 23.9 Å². The van der Waals surface area contributed by atoms with Gasteiger partial charge in [-0.1, -0.05) is 41.0 Å². The molecular weight excluding hydrogens is 462 g/mol. The van der Waals surface area contributed by atoms with Gasteiger partial charge in [-0.15, -0.1) is 0 Å². The summed E-state index contributed by atoms with van der Waals surface area (Å²) in [7, 11) is 8.39. The van der Waals surface area contributed by atoms with E-state index < -0.39 is 17.4 Å². The van der Waals surface area contributed by atoms with Crippen LogP contribution in [0, 0.1) is 11.3 Å². The highest BCUT2D eigenvalue weighted by Crippen LogP contribution is 2.24. The summed E-state index contributed by atoms with van der Waals surface area (Å²) in [6.45, 7) is 11.3. The maximum atomic E-state index is 13.8. The lowest BCUT2D eigenvalue weighted by atomic mass is 9.84. The topological polar surface area (TPSA) is 102 Å². The third kappa shape index (κ3) is 9.35. The minimum atomic E-state index is -0.676. The van der Waals surface area contributed by atoms with Crippen molar-refractivity contribution < 1.29 is 23.9 Å². The molecule has 1 aliphatic rings. The van der Waals surface area contributed by atoms with Gasteiger partial charge in [-0.25, -0.2) is 0 Å². The van der Waals surface area contributed by atoms with Crippen LogP contribution in [0.3, 0.4) is 0 Å². The van der Waals surface area contributed by atoms with Crippen LogP contribution in [0.1, 0.15) is 53.9 Å². The van der Waals surface area contributed by atoms with Gasteiger partial charge < -0.3 is 19.9 Å². The summed E-state index contributed by atoms with van der Waals surface area (Å²) in [5.74, 6) is -0.818. The quantitative estimate of drug-likeness (QED) is 0.414. The molecule has 0 saturated carbocycles. The fourth-order valence-electron chi connectivity index (χ4n) is 4.52. The van der Waals surface area contributed by atoms with Gasteiger partial charge in [-0.3, -0.25) is 29.0 Å². The summed E-state index contributed by atoms with van der Waals surface area (Å²) in [4.78, 5) is 57.9. The normalized spacial score (nSPS) is 18.5. The maximum Gasteiger partial charge on any atom is 0.325 e. The number of ether oxygens (including phenoxy) is 1. The molecule has 1 saturated heterocycles. The van der Waals surface area contributed by atoms with Gasteiger partial charge >= 0.3 is 5.97 Å². The Bertz CT molecular complexity index is 766. The number of esters is 1. The average Bonchev–Trinajstić information content (AvgIpc) is 2.79. The van der Waals surface area contributed by atoms with Crippen LogP contribution in [0.25, 0.3) is 0 Å². The molecule has 0 bridgehead atoms. The van der Waals surface area contributed by atoms with Crippen molar-refractivity contribution in [2.45, 2.75) is 72.0 Å². The first-order chi connectivity index (χ1) is 16.6. The molecule has 1 N–H and O–H groups in total. The van der Waals surface area contributed by atoms with E-state index in [1.165, 1.54) is 12.0 Å². The largest absolute Gasteiger partial charge is 0.468 e. The molecule has 0 aromatic carbocycles. The molecule has 0 radical (unpaired) electrons. The molecule has 208 valence electrons. The molecular formula is C26H49N5O5. The van der Waals surface area contributed by atoms with E-state index >= 15 is 0 Å². The van der Waals surface area contributed by atoms with Crippen molar-refractivity contribution in [3.8, 4) is 0 Å². The highest BCUT2D eigenvalue weighted by molar-refractivity contribution is 5.90. The number of hydrogen-bond acceptors (Lipinski definition) is 7. The van der Waals surface area contributed by atoms with E-state index in [-0.39, 0.29) is 48.8 Å². The second kappa shape index (κ2) is 13.9. The Morgan fingerprint density at radius 3 is 2.17 bits per heavy atom. The second-order valence-electron chi connectivity index (χ2n) is 11.6. The van der Waals surface area contributed by atoms with Gasteiger partial charge in [0.05, 0.1) is 19.7 Å². The predicted octanol–water partition coefficient (Wildman–Crippen LogP) is 1.05. The lowest BCUT2D eigenvalue weighted by Gasteiger charge is -2.40. The van der Waals surface area contributed by atoms with E-state index in [9.17, 15) is 19.2 Å². The molecule has 3 atom stereocenters. The molecule has 3 amide bonds. The van der Waals surface area contributed by atoms with Crippen LogP contribution in [0.15, 0.2) is 0 Å². The Kier molecular flexibility index (Phi) is 12.3. The number of likely N-dealkylation sites (tertiary alicyclic amines) is 1. The Labute approximate surface area is 217 Å². The van der Waals surface area contributed by atoms with Gasteiger partial charge in [-0.05, 0) is 44.8 Å². The number of methoxy groups -OCH3 is 1. The van der Waals surface area contributed by atoms with Crippen molar-refractivity contribution in [2.24, 2.45) is 11.3 Å². The van der Waals surface area contributed by atoms with Crippen molar-refractivity contribution in [3.05, 3.63) is 0 Å². The average molecular weight is 512 g/mol. The fourth-order valence-corrected chi connectivity index (χ4v) is 4.52. The van der Waals surface area contributed by atoms with Gasteiger partial charge in [0.1, 0.15) is 12.6 Å². The van der Waals surface area contributed by atoms with E-state index in [0.29, 0.717) is 6.54 Å². The number of carbonyl (C=O) groups excluding carboxylic acids is 4. The number of rotatable bonds is 11. The van der Waals surface area contributed by atoms with Crippen LogP contribution in [-0.4, -0.2) is 123 Å². The molecule has 1 heterocycles. The first-order valence-electron chi connectivity index (χ1n) is 12.9. The van der Waals surface area contributed by atoms with Gasteiger partial charge in [0.25, 0.3) is 0 Å². The maximum absolute atomic E-state index is 13.8. The van der Waals surface area contributed by atoms with Crippen molar-refractivity contribution in [2.75, 3.05) is 61.5 Å². The second-order valence-corrected chi connectivity index (χ2v) is 11.6. The number of nitrogens with one attached hydrogen (secondary N) is 1. The molecule has 1 rings (SSSR count). The molecule has 0 aliphatic carbocycles. The molecule has 36 heavy (non-hydrogen) atoms. The van der Waals surface area contributed by atoms with Crippen LogP contribution in [0.4, 0.5) is 0 Å². The van der Waals surface area contributed by atoms with Crippen LogP contribution in [0.2, 0.25) is 0 Å². The van der Waals surface area contributed by atoms with Crippen LogP contribution >= 0.6 is 0 Å². The van der Waals surface area contributed by atoms with E-state index in [1.54, 1.807) is 19.0 Å². The van der Waals surface area contributed by atoms with E-state index in [0.717, 1.165) is 25.8 Å². The van der Waals surface area contributed by atoms with Gasteiger partial charge in [0.2, 0.25) is 17.7 Å². The smallest absolute Gasteiger partial charge is 0.325 e. The molecule has 0 unspecified atom stereocenters. The van der Waals surface area contributed by atoms with Crippen LogP contribution in [0.5, 0.6) is 0 Å². The highest BCUT2D eigenvalue weighted by Gasteiger charge is 2.39. The number of piperidine rings is 1. The standard InChI is InChI=1S/C26H49N5O5/c1-18(2)20(15-28(6)16-21(32)30(8)17-22(33)36-10)31(9)25(35)23(26(3,4)5)27-24(34)19-13-11-12-14-29(19)7/h18-20,23H,11-17H2,1-10H3,(H,27,34)/t19-,20-,23-/m1/s1. The molecule has 1 aliphatic heterocycles. The molecule has 1 fully saturated rings. The monoisotopic (exact) mass is 511 g/mol. The zero-order chi connectivity index (χ0) is 27.8. The third-order valence-corrected chi connectivity index (χ3v) is 7.01. The summed E-state index contributed by atoms with van der Waals surface area (Å²) >= 11 is 0. The molecule has 0 aromatic heterocycles. The zero-order valence-corrected chi connectivity index (χ0v) is 24.1. The molecule has 10 nitrogen and oxygen atoms in total. The zero-order valence-electron chi connectivity index (χ0n) is 24.1. The van der Waals surface area contributed by atoms with Crippen LogP contribution < -0.4 is 5.32 Å². The third-order valence-electron chi connectivity index (χ3n) is 7.01. The number of carbonyl (C=O) groups is 4. The molecule has 0 spiro atoms. The van der Waals surface area contributed by atoms with Crippen molar-refractivity contribution in [1.29, 1.82) is 0 Å². The lowest BCUT2D eigenvalue weighted by molar-refractivity contribution is -0.146. The first kappa shape index (κ1) is 31.8. The summed E-state index contributed by atoms with van der Waals surface area (Å²) in [6.07, 6.45) is 2.88. The minimum absolute atomic E-state index is 0.101. The van der Waals surface area contributed by atoms with Gasteiger partial charge in [-0.2, -0.15) is 0 Å². The Morgan fingerprint density at radius 1 is 1.06 bits per heavy atom. The Morgan fingerprint density at radius 2 is 1.67 bits per heavy atom. The van der Waals surface area contributed by atoms with Gasteiger partial charge in [0.15, 0.2) is 0 Å². The van der Waals surface area contributed by atoms with E-state index in [4.69, 9.17) is 0 Å². The minimum Gasteiger partial charge on any atom is -0.468 e. The summed E-state index contributed by atoms with van der Waals surface area (Å²) in [5.41, 5.74) is -0.478. The number of nitrogens with zero attached hydrogens (tertiary/aromatic N) is 4. The van der Waals surface area contributed by atoms with Crippen molar-refractivity contribution in [1.82, 2.24) is 24.9 Å². The Hall–Kier alpha value is -2.20. The summed E-state index contributed by atoms with van der Waals surface area (Å²) in [6, 6.07) is -1.08. The summed E-state index contributed by atoms with van der Waals surface area (Å²) < 4.78 is 4.63. The molecule has 0 aromatic rings. The number of likely N-dealkylation sites (N-methyl/N-ethyl adjacent to an activating group) is 4. The first-order valence-corrected chi connectivity index (χ1v) is 12.9. The predicted molar refractivity (Wildman–Crippen MR) is 140 cm³/mol. The van der Waals surface area contributed by atoms with Gasteiger partial charge in [0, 0.05) is 26.7 Å². The van der Waals surface area contributed by atoms with E-state index in [1.807, 2.05) is 53.6 Å². The van der Waals surface area contributed by atoms with Crippen molar-refractivity contribution in [3.63, 3.8) is 0 Å². The fraction of sp³-hybridized carbons (Fsp3) is 0.846. The highest BCUT2D eigenvalue weighted by atomic mass is 16.5. The SMILES string of the molecule is COC(=O)CN(C)C(=O)CN(C)C[C@H](C(C)C)N(C)C(=O)[C@@H](NC(=O)[C@H]1CCCCN1C)C(C)(C)C.